The van der Waals surface area contributed by atoms with Crippen molar-refractivity contribution in [1.29, 1.82) is 0 Å². The van der Waals surface area contributed by atoms with Crippen molar-refractivity contribution in [3.63, 3.8) is 0 Å². The molecule has 1 aliphatic heterocycles. The molecule has 8 heteroatoms. The number of halogens is 1. The zero-order chi connectivity index (χ0) is 18.1. The zero-order valence-corrected chi connectivity index (χ0v) is 14.9. The van der Waals surface area contributed by atoms with Crippen LogP contribution in [0.2, 0.25) is 0 Å². The van der Waals surface area contributed by atoms with Gasteiger partial charge in [-0.2, -0.15) is 5.10 Å². The number of likely N-dealkylation sites (tertiary alicyclic amines) is 1. The molecule has 0 spiro atoms. The predicted molar refractivity (Wildman–Crippen MR) is 95.3 cm³/mol. The first kappa shape index (κ1) is 16.9. The van der Waals surface area contributed by atoms with Gasteiger partial charge in [-0.25, -0.2) is 13.8 Å². The van der Waals surface area contributed by atoms with Crippen molar-refractivity contribution in [3.8, 4) is 5.69 Å². The monoisotopic (exact) mass is 355 g/mol. The molecule has 3 aromatic rings. The van der Waals surface area contributed by atoms with Gasteiger partial charge in [0, 0.05) is 43.6 Å². The number of rotatable bonds is 5. The first-order valence-corrected chi connectivity index (χ1v) is 8.64. The van der Waals surface area contributed by atoms with Gasteiger partial charge < -0.3 is 4.90 Å². The minimum atomic E-state index is -0.243. The minimum Gasteiger partial charge on any atom is -0.303 e. The van der Waals surface area contributed by atoms with Crippen LogP contribution in [0.5, 0.6) is 0 Å². The summed E-state index contributed by atoms with van der Waals surface area (Å²) in [6.45, 7) is 2.68. The fraction of sp³-hybridized carbons (Fsp3) is 0.389. The van der Waals surface area contributed by atoms with E-state index in [1.165, 1.54) is 12.1 Å². The lowest BCUT2D eigenvalue weighted by atomic mass is 10.1. The van der Waals surface area contributed by atoms with E-state index in [0.29, 0.717) is 6.04 Å². The first-order valence-electron chi connectivity index (χ1n) is 8.64. The molecule has 0 aliphatic carbocycles. The summed E-state index contributed by atoms with van der Waals surface area (Å²) >= 11 is 0. The average molecular weight is 355 g/mol. The highest BCUT2D eigenvalue weighted by atomic mass is 19.1. The third-order valence-corrected chi connectivity index (χ3v) is 4.91. The maximum Gasteiger partial charge on any atom is 0.123 e. The van der Waals surface area contributed by atoms with Crippen molar-refractivity contribution in [2.75, 3.05) is 27.2 Å². The quantitative estimate of drug-likeness (QED) is 0.696. The van der Waals surface area contributed by atoms with Gasteiger partial charge in [-0.05, 0) is 38.4 Å². The third kappa shape index (κ3) is 3.38. The molecule has 0 amide bonds. The Balaban J connectivity index is 1.47. The van der Waals surface area contributed by atoms with E-state index < -0.39 is 0 Å². The topological polar surface area (TPSA) is 55.0 Å². The highest BCUT2D eigenvalue weighted by molar-refractivity contribution is 5.31. The van der Waals surface area contributed by atoms with Gasteiger partial charge in [0.25, 0.3) is 0 Å². The summed E-state index contributed by atoms with van der Waals surface area (Å²) in [6.07, 6.45) is 7.52. The Kier molecular flexibility index (Phi) is 4.52. The van der Waals surface area contributed by atoms with Crippen molar-refractivity contribution in [2.45, 2.75) is 18.6 Å². The van der Waals surface area contributed by atoms with Crippen LogP contribution in [0.4, 0.5) is 4.39 Å². The molecule has 1 saturated heterocycles. The van der Waals surface area contributed by atoms with Crippen molar-refractivity contribution >= 4 is 0 Å². The standard InChI is InChI=1S/C18H22FN7/c1-23(2)17-12-24(13-18(17)25-8-7-20-22-25)10-14-9-21-26(11-14)16-5-3-15(19)4-6-16/h3-9,11,17-18H,10,12-13H2,1-2H3/t17-,18+/m1/s1. The Morgan fingerprint density at radius 2 is 2.00 bits per heavy atom. The van der Waals surface area contributed by atoms with Crippen LogP contribution in [-0.4, -0.2) is 67.8 Å². The lowest BCUT2D eigenvalue weighted by Crippen LogP contribution is -2.36. The van der Waals surface area contributed by atoms with Crippen LogP contribution in [-0.2, 0) is 6.54 Å². The molecule has 1 aromatic carbocycles. The Morgan fingerprint density at radius 3 is 2.69 bits per heavy atom. The number of benzene rings is 1. The molecule has 3 heterocycles. The molecule has 2 aromatic heterocycles. The highest BCUT2D eigenvalue weighted by Gasteiger charge is 2.35. The molecular weight excluding hydrogens is 333 g/mol. The molecular formula is C18H22FN7. The number of hydrogen-bond acceptors (Lipinski definition) is 5. The van der Waals surface area contributed by atoms with E-state index in [1.54, 1.807) is 23.0 Å². The molecule has 1 aliphatic rings. The van der Waals surface area contributed by atoms with E-state index >= 15 is 0 Å². The van der Waals surface area contributed by atoms with E-state index in [9.17, 15) is 4.39 Å². The lowest BCUT2D eigenvalue weighted by molar-refractivity contribution is 0.237. The van der Waals surface area contributed by atoms with E-state index in [1.807, 2.05) is 23.3 Å². The maximum absolute atomic E-state index is 13.1. The second-order valence-electron chi connectivity index (χ2n) is 6.95. The Labute approximate surface area is 151 Å². The highest BCUT2D eigenvalue weighted by Crippen LogP contribution is 2.26. The summed E-state index contributed by atoms with van der Waals surface area (Å²) in [5.41, 5.74) is 1.98. The maximum atomic E-state index is 13.1. The number of hydrogen-bond donors (Lipinski definition) is 0. The normalized spacial score (nSPS) is 20.9. The smallest absolute Gasteiger partial charge is 0.123 e. The first-order chi connectivity index (χ1) is 12.6. The minimum absolute atomic E-state index is 0.243. The summed E-state index contributed by atoms with van der Waals surface area (Å²) in [7, 11) is 4.20. The summed E-state index contributed by atoms with van der Waals surface area (Å²) in [5, 5.41) is 12.5. The van der Waals surface area contributed by atoms with Crippen LogP contribution in [0.15, 0.2) is 49.1 Å². The summed E-state index contributed by atoms with van der Waals surface area (Å²) < 4.78 is 16.8. The third-order valence-electron chi connectivity index (χ3n) is 4.91. The van der Waals surface area contributed by atoms with Crippen LogP contribution < -0.4 is 0 Å². The molecule has 2 atom stereocenters. The average Bonchev–Trinajstić information content (AvgIpc) is 3.36. The number of aromatic nitrogens is 5. The Morgan fingerprint density at radius 1 is 1.19 bits per heavy atom. The van der Waals surface area contributed by atoms with Crippen molar-refractivity contribution in [1.82, 2.24) is 34.6 Å². The number of likely N-dealkylation sites (N-methyl/N-ethyl adjacent to an activating group) is 1. The Hall–Kier alpha value is -2.58. The van der Waals surface area contributed by atoms with Crippen LogP contribution in [0.3, 0.4) is 0 Å². The fourth-order valence-electron chi connectivity index (χ4n) is 3.57. The summed E-state index contributed by atoms with van der Waals surface area (Å²) in [5.74, 6) is -0.243. The van der Waals surface area contributed by atoms with Crippen LogP contribution in [0.1, 0.15) is 11.6 Å². The van der Waals surface area contributed by atoms with Crippen molar-refractivity contribution in [2.24, 2.45) is 0 Å². The predicted octanol–water partition coefficient (Wildman–Crippen LogP) is 1.59. The van der Waals surface area contributed by atoms with Crippen LogP contribution in [0.25, 0.3) is 5.69 Å². The van der Waals surface area contributed by atoms with E-state index in [2.05, 4.69) is 39.3 Å². The zero-order valence-electron chi connectivity index (χ0n) is 14.9. The molecule has 0 unspecified atom stereocenters. The van der Waals surface area contributed by atoms with Crippen LogP contribution >= 0.6 is 0 Å². The van der Waals surface area contributed by atoms with Gasteiger partial charge >= 0.3 is 0 Å². The van der Waals surface area contributed by atoms with E-state index in [-0.39, 0.29) is 11.9 Å². The molecule has 26 heavy (non-hydrogen) atoms. The fourth-order valence-corrected chi connectivity index (χ4v) is 3.57. The van der Waals surface area contributed by atoms with Gasteiger partial charge in [0.05, 0.1) is 24.1 Å². The Bertz CT molecular complexity index is 841. The molecule has 0 saturated carbocycles. The largest absolute Gasteiger partial charge is 0.303 e. The summed E-state index contributed by atoms with van der Waals surface area (Å²) in [4.78, 5) is 4.65. The number of nitrogens with zero attached hydrogens (tertiary/aromatic N) is 7. The second-order valence-corrected chi connectivity index (χ2v) is 6.95. The lowest BCUT2D eigenvalue weighted by Gasteiger charge is -2.24. The van der Waals surface area contributed by atoms with Gasteiger partial charge in [-0.1, -0.05) is 5.21 Å². The molecule has 136 valence electrons. The molecule has 1 fully saturated rings. The van der Waals surface area contributed by atoms with Gasteiger partial charge in [0.2, 0.25) is 0 Å². The van der Waals surface area contributed by atoms with Crippen LogP contribution in [0, 0.1) is 5.82 Å². The molecule has 0 N–H and O–H groups in total. The molecule has 4 rings (SSSR count). The molecule has 7 nitrogen and oxygen atoms in total. The van der Waals surface area contributed by atoms with Gasteiger partial charge in [-0.15, -0.1) is 5.10 Å². The van der Waals surface area contributed by atoms with E-state index in [0.717, 1.165) is 30.9 Å². The van der Waals surface area contributed by atoms with E-state index in [4.69, 9.17) is 0 Å². The summed E-state index contributed by atoms with van der Waals surface area (Å²) in [6, 6.07) is 7.00. The van der Waals surface area contributed by atoms with Crippen molar-refractivity contribution in [3.05, 3.63) is 60.4 Å². The van der Waals surface area contributed by atoms with Crippen molar-refractivity contribution < 1.29 is 4.39 Å². The van der Waals surface area contributed by atoms with Gasteiger partial charge in [-0.3, -0.25) is 4.90 Å². The van der Waals surface area contributed by atoms with Gasteiger partial charge in [0.15, 0.2) is 0 Å². The molecule has 0 bridgehead atoms. The van der Waals surface area contributed by atoms with Gasteiger partial charge in [0.1, 0.15) is 5.82 Å². The molecule has 0 radical (unpaired) electrons. The second kappa shape index (κ2) is 6.97. The SMILES string of the molecule is CN(C)[C@@H]1CN(Cc2cnn(-c3ccc(F)cc3)c2)C[C@@H]1n1ccnn1.